The summed E-state index contributed by atoms with van der Waals surface area (Å²) in [4.78, 5) is 0. The molecule has 2 N–H and O–H groups in total. The lowest BCUT2D eigenvalue weighted by molar-refractivity contribution is 0.306. The van der Waals surface area contributed by atoms with E-state index in [0.29, 0.717) is 5.92 Å². The smallest absolute Gasteiger partial charge is 0.106 e. The summed E-state index contributed by atoms with van der Waals surface area (Å²) in [5.41, 5.74) is 5.03. The maximum atomic E-state index is 5.03. The Morgan fingerprint density at radius 3 is 2.56 bits per heavy atom. The van der Waals surface area contributed by atoms with Gasteiger partial charge in [-0.25, -0.2) is 0 Å². The molecule has 0 fully saturated rings. The van der Waals surface area contributed by atoms with Crippen LogP contribution < -0.4 is 5.73 Å². The molecule has 2 nitrogen and oxygen atoms in total. The highest BCUT2D eigenvalue weighted by Crippen LogP contribution is 2.07. The molecular weight excluding hydrogens is 114 g/mol. The first-order chi connectivity index (χ1) is 4.18. The molecule has 2 heteroatoms. The fourth-order valence-corrected chi connectivity index (χ4v) is 0.263. The number of ether oxygens (including phenoxy) is 1. The van der Waals surface area contributed by atoms with Crippen LogP contribution in [0, 0.1) is 5.92 Å². The van der Waals surface area contributed by atoms with Crippen LogP contribution in [0.1, 0.15) is 13.8 Å². The first-order valence-corrected chi connectivity index (χ1v) is 2.90. The summed E-state index contributed by atoms with van der Waals surface area (Å²) < 4.78 is 4.95. The lowest BCUT2D eigenvalue weighted by atomic mass is 10.2. The average Bonchev–Trinajstić information content (AvgIpc) is 1.82. The van der Waals surface area contributed by atoms with Crippen molar-refractivity contribution in [3.05, 3.63) is 24.8 Å². The third kappa shape index (κ3) is 3.64. The third-order valence-electron chi connectivity index (χ3n) is 0.942. The molecule has 0 saturated heterocycles. The van der Waals surface area contributed by atoms with E-state index in [-0.39, 0.29) is 0 Å². The molecule has 0 aromatic heterocycles. The molecule has 0 aliphatic rings. The second kappa shape index (κ2) is 4.01. The van der Waals surface area contributed by atoms with E-state index in [0.717, 1.165) is 5.76 Å². The van der Waals surface area contributed by atoms with Crippen molar-refractivity contribution in [3.8, 4) is 0 Å². The summed E-state index contributed by atoms with van der Waals surface area (Å²) in [7, 11) is 0. The highest BCUT2D eigenvalue weighted by atomic mass is 16.5. The zero-order valence-electron chi connectivity index (χ0n) is 5.92. The minimum atomic E-state index is 0.348. The summed E-state index contributed by atoms with van der Waals surface area (Å²) in [5.74, 6) is 1.08. The zero-order valence-corrected chi connectivity index (χ0v) is 5.92. The molecule has 0 aliphatic heterocycles. The Morgan fingerprint density at radius 1 is 1.67 bits per heavy atom. The van der Waals surface area contributed by atoms with E-state index < -0.39 is 0 Å². The largest absolute Gasteiger partial charge is 0.468 e. The van der Waals surface area contributed by atoms with Crippen LogP contribution in [0.2, 0.25) is 0 Å². The molecule has 0 saturated carbocycles. The van der Waals surface area contributed by atoms with Gasteiger partial charge in [-0.05, 0) is 0 Å². The minimum Gasteiger partial charge on any atom is -0.468 e. The van der Waals surface area contributed by atoms with E-state index in [4.69, 9.17) is 10.5 Å². The van der Waals surface area contributed by atoms with E-state index in [9.17, 15) is 0 Å². The van der Waals surface area contributed by atoms with Crippen molar-refractivity contribution in [1.29, 1.82) is 0 Å². The molecule has 0 aromatic carbocycles. The van der Waals surface area contributed by atoms with E-state index >= 15 is 0 Å². The predicted molar refractivity (Wildman–Crippen MR) is 38.4 cm³/mol. The third-order valence-corrected chi connectivity index (χ3v) is 0.942. The predicted octanol–water partition coefficient (Wildman–Crippen LogP) is 1.60. The van der Waals surface area contributed by atoms with Gasteiger partial charge in [0.15, 0.2) is 0 Å². The Labute approximate surface area is 56.0 Å². The summed E-state index contributed by atoms with van der Waals surface area (Å²) in [6.07, 6.45) is 2.76. The van der Waals surface area contributed by atoms with Crippen molar-refractivity contribution >= 4 is 0 Å². The van der Waals surface area contributed by atoms with E-state index in [2.05, 4.69) is 6.58 Å². The Kier molecular flexibility index (Phi) is 3.60. The number of hydrogen-bond donors (Lipinski definition) is 1. The summed E-state index contributed by atoms with van der Waals surface area (Å²) in [6, 6.07) is 0. The molecule has 0 unspecified atom stereocenters. The number of hydrogen-bond acceptors (Lipinski definition) is 2. The fourth-order valence-electron chi connectivity index (χ4n) is 0.263. The van der Waals surface area contributed by atoms with Gasteiger partial charge in [-0.1, -0.05) is 20.4 Å². The first kappa shape index (κ1) is 8.08. The molecule has 0 bridgehead atoms. The quantitative estimate of drug-likeness (QED) is 0.584. The van der Waals surface area contributed by atoms with Crippen LogP contribution in [0.4, 0.5) is 0 Å². The van der Waals surface area contributed by atoms with Crippen LogP contribution in [-0.2, 0) is 4.74 Å². The second-order valence-electron chi connectivity index (χ2n) is 2.07. The summed E-state index contributed by atoms with van der Waals surface area (Å²) in [5, 5.41) is 0. The van der Waals surface area contributed by atoms with Gasteiger partial charge in [0.05, 0.1) is 5.76 Å². The topological polar surface area (TPSA) is 35.2 Å². The van der Waals surface area contributed by atoms with Gasteiger partial charge < -0.3 is 10.5 Å². The molecule has 0 rings (SSSR count). The first-order valence-electron chi connectivity index (χ1n) is 2.90. The molecule has 9 heavy (non-hydrogen) atoms. The lowest BCUT2D eigenvalue weighted by Gasteiger charge is -2.05. The zero-order chi connectivity index (χ0) is 7.28. The molecule has 0 spiro atoms. The average molecular weight is 127 g/mol. The van der Waals surface area contributed by atoms with Crippen LogP contribution in [0.15, 0.2) is 24.8 Å². The number of nitrogens with two attached hydrogens (primary N) is 1. The van der Waals surface area contributed by atoms with Crippen molar-refractivity contribution in [2.75, 3.05) is 0 Å². The Bertz CT molecular complexity index is 116. The van der Waals surface area contributed by atoms with E-state index in [1.54, 1.807) is 0 Å². The molecule has 0 heterocycles. The van der Waals surface area contributed by atoms with Gasteiger partial charge in [0, 0.05) is 12.1 Å². The van der Waals surface area contributed by atoms with Gasteiger partial charge in [-0.15, -0.1) is 0 Å². The van der Waals surface area contributed by atoms with Crippen LogP contribution in [0.3, 0.4) is 0 Å². The van der Waals surface area contributed by atoms with Gasteiger partial charge in [0.25, 0.3) is 0 Å². The maximum absolute atomic E-state index is 5.03. The summed E-state index contributed by atoms with van der Waals surface area (Å²) in [6.45, 7) is 7.68. The van der Waals surface area contributed by atoms with Gasteiger partial charge in [-0.3, -0.25) is 0 Å². The highest BCUT2D eigenvalue weighted by Gasteiger charge is 1.96. The Balaban J connectivity index is 3.51. The molecular formula is C7H13NO. The minimum absolute atomic E-state index is 0.348. The van der Waals surface area contributed by atoms with E-state index in [1.807, 2.05) is 13.8 Å². The van der Waals surface area contributed by atoms with Crippen molar-refractivity contribution in [2.24, 2.45) is 11.7 Å². The molecule has 0 aliphatic carbocycles. The van der Waals surface area contributed by atoms with Crippen LogP contribution >= 0.6 is 0 Å². The lowest BCUT2D eigenvalue weighted by Crippen LogP contribution is -1.93. The summed E-state index contributed by atoms with van der Waals surface area (Å²) >= 11 is 0. The van der Waals surface area contributed by atoms with Gasteiger partial charge in [0.2, 0.25) is 0 Å². The van der Waals surface area contributed by atoms with Crippen LogP contribution in [-0.4, -0.2) is 0 Å². The van der Waals surface area contributed by atoms with Crippen molar-refractivity contribution in [1.82, 2.24) is 0 Å². The molecule has 0 amide bonds. The number of rotatable bonds is 3. The normalized spacial score (nSPS) is 10.6. The van der Waals surface area contributed by atoms with Crippen LogP contribution in [0.25, 0.3) is 0 Å². The monoisotopic (exact) mass is 127 g/mol. The van der Waals surface area contributed by atoms with Crippen molar-refractivity contribution in [2.45, 2.75) is 13.8 Å². The SMILES string of the molecule is C=C(O/C=C\N)C(C)C. The molecule has 0 atom stereocenters. The second-order valence-corrected chi connectivity index (χ2v) is 2.07. The van der Waals surface area contributed by atoms with Crippen molar-refractivity contribution in [3.63, 3.8) is 0 Å². The maximum Gasteiger partial charge on any atom is 0.106 e. The van der Waals surface area contributed by atoms with E-state index in [1.165, 1.54) is 12.5 Å². The number of allylic oxidation sites excluding steroid dienone is 1. The van der Waals surface area contributed by atoms with Crippen molar-refractivity contribution < 1.29 is 4.74 Å². The van der Waals surface area contributed by atoms with Crippen LogP contribution in [0.5, 0.6) is 0 Å². The standard InChI is InChI=1S/C7H13NO/c1-6(2)7(3)9-5-4-8/h4-6H,3,8H2,1-2H3/b5-4-. The molecule has 0 aromatic rings. The molecule has 52 valence electrons. The highest BCUT2D eigenvalue weighted by molar-refractivity contribution is 4.88. The molecule has 0 radical (unpaired) electrons. The van der Waals surface area contributed by atoms with Gasteiger partial charge in [0.1, 0.15) is 6.26 Å². The Morgan fingerprint density at radius 2 is 2.22 bits per heavy atom. The fraction of sp³-hybridized carbons (Fsp3) is 0.429. The van der Waals surface area contributed by atoms with Gasteiger partial charge in [-0.2, -0.15) is 0 Å². The Hall–Kier alpha value is -0.920. The van der Waals surface area contributed by atoms with Gasteiger partial charge >= 0.3 is 0 Å².